The van der Waals surface area contributed by atoms with Gasteiger partial charge in [-0.15, -0.1) is 0 Å². The molecular weight excluding hydrogens is 751 g/mol. The van der Waals surface area contributed by atoms with Crippen LogP contribution in [0.5, 0.6) is 0 Å². The molecule has 9 rings (SSSR count). The minimum absolute atomic E-state index is 0.0715. The highest BCUT2D eigenvalue weighted by molar-refractivity contribution is 6.20. The summed E-state index contributed by atoms with van der Waals surface area (Å²) in [6.45, 7) is 21.9. The molecule has 11 nitrogen and oxygen atoms in total. The number of amides is 3. The number of anilines is 1. The molecule has 1 aromatic heterocycles. The predicted octanol–water partition coefficient (Wildman–Crippen LogP) is 6.72. The molecule has 11 heteroatoms. The lowest BCUT2D eigenvalue weighted by atomic mass is 9.70. The fourth-order valence-corrected chi connectivity index (χ4v) is 10.4. The Morgan fingerprint density at radius 2 is 1.72 bits per heavy atom. The Morgan fingerprint density at radius 1 is 0.917 bits per heavy atom. The smallest absolute Gasteiger partial charge is 0.255 e. The number of aromatic amines is 1. The summed E-state index contributed by atoms with van der Waals surface area (Å²) in [6.07, 6.45) is 6.62. The summed E-state index contributed by atoms with van der Waals surface area (Å²) in [5.41, 5.74) is 9.39. The molecule has 5 aliphatic rings. The van der Waals surface area contributed by atoms with Crippen molar-refractivity contribution < 1.29 is 19.2 Å². The highest BCUT2D eigenvalue weighted by Crippen LogP contribution is 2.46. The fourth-order valence-electron chi connectivity index (χ4n) is 10.4. The number of carbonyl (C=O) groups is 4. The molecule has 1 unspecified atom stereocenters. The number of fused-ring (bicyclic) bond motifs is 5. The number of unbranched alkanes of at least 4 members (excludes halogenated alkanes) is 2. The maximum absolute atomic E-state index is 14.1. The van der Waals surface area contributed by atoms with Crippen LogP contribution in [-0.4, -0.2) is 101 Å². The lowest BCUT2D eigenvalue weighted by Crippen LogP contribution is -2.53. The van der Waals surface area contributed by atoms with Gasteiger partial charge in [0.05, 0.1) is 12.1 Å². The second kappa shape index (κ2) is 16.0. The first kappa shape index (κ1) is 39.7. The van der Waals surface area contributed by atoms with Crippen LogP contribution in [0.2, 0.25) is 0 Å². The maximum Gasteiger partial charge on any atom is 0.255 e. The number of nitrogens with one attached hydrogen (secondary N) is 2. The fraction of sp³-hybridized carbons (Fsp3) is 0.449. The number of piperazine rings is 1. The van der Waals surface area contributed by atoms with E-state index in [0.717, 1.165) is 129 Å². The maximum atomic E-state index is 14.1. The lowest BCUT2D eigenvalue weighted by molar-refractivity contribution is -0.136. The molecular formula is C49H53N7O4. The number of ketones is 1. The Balaban J connectivity index is 0.752. The molecule has 3 fully saturated rings. The molecule has 3 amide bonds. The SMILES string of the molecule is [C-]#[N+]c1ccc2c3c([nH]c2c1)C(C)(C)c1cc(N2CCC(N4CCN(CCCCC#Cc5cccc6c5CN(C5CCC(=O)NC5=O)C6=O)CC4)CC2)c(CC)cc1C3=O. The van der Waals surface area contributed by atoms with Gasteiger partial charge >= 0.3 is 0 Å². The van der Waals surface area contributed by atoms with Crippen LogP contribution < -0.4 is 10.2 Å². The summed E-state index contributed by atoms with van der Waals surface area (Å²) in [7, 11) is 0. The van der Waals surface area contributed by atoms with E-state index in [4.69, 9.17) is 6.57 Å². The van der Waals surface area contributed by atoms with Crippen LogP contribution in [0.25, 0.3) is 15.7 Å². The zero-order chi connectivity index (χ0) is 41.7. The Labute approximate surface area is 352 Å². The van der Waals surface area contributed by atoms with E-state index in [9.17, 15) is 19.2 Å². The van der Waals surface area contributed by atoms with Crippen LogP contribution in [0.1, 0.15) is 120 Å². The predicted molar refractivity (Wildman–Crippen MR) is 232 cm³/mol. The number of hydrogen-bond acceptors (Lipinski definition) is 7. The second-order valence-corrected chi connectivity index (χ2v) is 17.6. The van der Waals surface area contributed by atoms with Crippen LogP contribution in [0, 0.1) is 18.4 Å². The summed E-state index contributed by atoms with van der Waals surface area (Å²) >= 11 is 0. The van der Waals surface area contributed by atoms with E-state index in [0.29, 0.717) is 30.3 Å². The number of imide groups is 1. The molecule has 5 heterocycles. The lowest BCUT2D eigenvalue weighted by Gasteiger charge is -2.44. The number of aryl methyl sites for hydroxylation is 1. The quantitative estimate of drug-likeness (QED) is 0.0881. The van der Waals surface area contributed by atoms with Gasteiger partial charge in [0, 0.05) is 109 Å². The molecule has 0 saturated carbocycles. The molecule has 2 N–H and O–H groups in total. The van der Waals surface area contributed by atoms with Gasteiger partial charge in [-0.05, 0) is 92.1 Å². The van der Waals surface area contributed by atoms with Gasteiger partial charge in [-0.25, -0.2) is 4.85 Å². The Bertz CT molecular complexity index is 2520. The third-order valence-electron chi connectivity index (χ3n) is 13.8. The third kappa shape index (κ3) is 7.08. The highest BCUT2D eigenvalue weighted by Gasteiger charge is 2.42. The van der Waals surface area contributed by atoms with E-state index in [1.54, 1.807) is 17.0 Å². The summed E-state index contributed by atoms with van der Waals surface area (Å²) in [4.78, 5) is 68.0. The monoisotopic (exact) mass is 803 g/mol. The zero-order valence-electron chi connectivity index (χ0n) is 35.0. The molecule has 308 valence electrons. The van der Waals surface area contributed by atoms with E-state index in [-0.39, 0.29) is 24.0 Å². The molecule has 0 spiro atoms. The summed E-state index contributed by atoms with van der Waals surface area (Å²) in [5.74, 6) is 5.87. The number of nitrogens with zero attached hydrogens (tertiary/aromatic N) is 5. The highest BCUT2D eigenvalue weighted by atomic mass is 16.2. The van der Waals surface area contributed by atoms with E-state index in [2.05, 4.69) is 74.6 Å². The standard InChI is InChI=1S/C49H53N7O4/c1-5-31-27-37-39(49(2,3)46-44(45(37)58)36-15-14-33(50-4)28-40(36)51-46)29-42(31)55-21-18-34(19-22-55)54-25-23-53(24-26-54)20-9-7-6-8-11-32-12-10-13-35-38(32)30-56(48(35)60)41-16-17-43(57)52-47(41)59/h10,12-15,27-29,34,41,51H,5-7,9,16-26,30H2,1-3H3,(H,52,57,59). The van der Waals surface area contributed by atoms with E-state index in [1.807, 2.05) is 24.3 Å². The van der Waals surface area contributed by atoms with Crippen LogP contribution in [-0.2, 0) is 28.0 Å². The average molecular weight is 804 g/mol. The van der Waals surface area contributed by atoms with Crippen molar-refractivity contribution in [3.05, 3.63) is 105 Å². The number of carbonyl (C=O) groups excluding carboxylic acids is 4. The number of aromatic nitrogens is 1. The van der Waals surface area contributed by atoms with Crippen molar-refractivity contribution in [1.29, 1.82) is 0 Å². The van der Waals surface area contributed by atoms with Crippen molar-refractivity contribution in [2.45, 2.75) is 96.2 Å². The van der Waals surface area contributed by atoms with Crippen LogP contribution in [0.3, 0.4) is 0 Å². The Kier molecular flexibility index (Phi) is 10.6. The third-order valence-corrected chi connectivity index (χ3v) is 13.8. The van der Waals surface area contributed by atoms with Crippen LogP contribution in [0.4, 0.5) is 11.4 Å². The first-order valence-electron chi connectivity index (χ1n) is 21.8. The van der Waals surface area contributed by atoms with Gasteiger partial charge < -0.3 is 19.7 Å². The molecule has 3 saturated heterocycles. The van der Waals surface area contributed by atoms with Gasteiger partial charge in [-0.3, -0.25) is 29.4 Å². The van der Waals surface area contributed by atoms with Gasteiger partial charge in [0.15, 0.2) is 11.5 Å². The summed E-state index contributed by atoms with van der Waals surface area (Å²) in [5, 5.41) is 3.26. The summed E-state index contributed by atoms with van der Waals surface area (Å²) < 4.78 is 0. The molecule has 1 aliphatic carbocycles. The Hall–Kier alpha value is -5.75. The number of H-pyrrole nitrogens is 1. The molecule has 4 aliphatic heterocycles. The average Bonchev–Trinajstić information content (AvgIpc) is 3.82. The Morgan fingerprint density at radius 3 is 2.47 bits per heavy atom. The van der Waals surface area contributed by atoms with E-state index >= 15 is 0 Å². The van der Waals surface area contributed by atoms with E-state index in [1.165, 1.54) is 11.3 Å². The van der Waals surface area contributed by atoms with Crippen molar-refractivity contribution in [3.63, 3.8) is 0 Å². The second-order valence-electron chi connectivity index (χ2n) is 17.6. The van der Waals surface area contributed by atoms with Crippen molar-refractivity contribution >= 4 is 45.8 Å². The van der Waals surface area contributed by atoms with Gasteiger partial charge in [-0.1, -0.05) is 50.8 Å². The normalized spacial score (nSPS) is 20.7. The topological polar surface area (TPSA) is 113 Å². The van der Waals surface area contributed by atoms with Gasteiger partial charge in [0.25, 0.3) is 5.91 Å². The largest absolute Gasteiger partial charge is 0.371 e. The first-order valence-corrected chi connectivity index (χ1v) is 21.8. The molecule has 1 atom stereocenters. The van der Waals surface area contributed by atoms with Gasteiger partial charge in [0.2, 0.25) is 11.8 Å². The van der Waals surface area contributed by atoms with Crippen LogP contribution in [0.15, 0.2) is 48.5 Å². The van der Waals surface area contributed by atoms with Crippen molar-refractivity contribution in [1.82, 2.24) is 25.0 Å². The van der Waals surface area contributed by atoms with Crippen LogP contribution >= 0.6 is 0 Å². The molecule has 60 heavy (non-hydrogen) atoms. The minimum atomic E-state index is -0.624. The van der Waals surface area contributed by atoms with E-state index < -0.39 is 17.4 Å². The van der Waals surface area contributed by atoms with Crippen molar-refractivity contribution in [3.8, 4) is 11.8 Å². The molecule has 3 aromatic carbocycles. The molecule has 0 bridgehead atoms. The molecule has 0 radical (unpaired) electrons. The summed E-state index contributed by atoms with van der Waals surface area (Å²) in [6, 6.07) is 15.6. The van der Waals surface area contributed by atoms with Gasteiger partial charge in [-0.2, -0.15) is 0 Å². The number of benzene rings is 3. The zero-order valence-corrected chi connectivity index (χ0v) is 35.0. The van der Waals surface area contributed by atoms with Gasteiger partial charge in [0.1, 0.15) is 6.04 Å². The first-order chi connectivity index (χ1) is 29.0. The number of piperidine rings is 2. The number of hydrogen-bond donors (Lipinski definition) is 2. The molecule has 4 aromatic rings. The van der Waals surface area contributed by atoms with Crippen molar-refractivity contribution in [2.75, 3.05) is 50.7 Å². The minimum Gasteiger partial charge on any atom is -0.371 e. The number of rotatable bonds is 8. The van der Waals surface area contributed by atoms with Crippen molar-refractivity contribution in [2.24, 2.45) is 0 Å².